The van der Waals surface area contributed by atoms with Gasteiger partial charge in [0.1, 0.15) is 17.0 Å². The van der Waals surface area contributed by atoms with Gasteiger partial charge in [-0.25, -0.2) is 0 Å². The van der Waals surface area contributed by atoms with Crippen LogP contribution in [0.25, 0.3) is 21.9 Å². The Hall–Kier alpha value is -4.09. The van der Waals surface area contributed by atoms with Gasteiger partial charge in [0.2, 0.25) is 0 Å². The molecular weight excluding hydrogens is 489 g/mol. The summed E-state index contributed by atoms with van der Waals surface area (Å²) in [5.41, 5.74) is 2.93. The maximum atomic E-state index is 13.2. The van der Waals surface area contributed by atoms with E-state index < -0.39 is 6.36 Å². The number of aromatic nitrogens is 4. The molecule has 9 nitrogen and oxygen atoms in total. The van der Waals surface area contributed by atoms with E-state index in [1.165, 1.54) is 18.2 Å². The molecule has 3 aliphatic rings. The second-order valence-corrected chi connectivity index (χ2v) is 10.1. The molecule has 2 aromatic carbocycles. The molecule has 2 aliphatic heterocycles. The van der Waals surface area contributed by atoms with Gasteiger partial charge in [0.25, 0.3) is 11.8 Å². The topological polar surface area (TPSA) is 107 Å². The fraction of sp³-hybridized carbons (Fsp3) is 0.360. The van der Waals surface area contributed by atoms with Crippen LogP contribution < -0.4 is 4.74 Å². The molecule has 2 aromatic heterocycles. The lowest BCUT2D eigenvalue weighted by Gasteiger charge is -2.42. The van der Waals surface area contributed by atoms with Gasteiger partial charge >= 0.3 is 6.36 Å². The van der Waals surface area contributed by atoms with E-state index in [0.717, 1.165) is 5.52 Å². The Morgan fingerprint density at radius 2 is 1.51 bits per heavy atom. The number of ether oxygens (including phenoxy) is 1. The summed E-state index contributed by atoms with van der Waals surface area (Å²) in [5.74, 6) is 0.861. The van der Waals surface area contributed by atoms with Crippen LogP contribution in [0.15, 0.2) is 42.5 Å². The third kappa shape index (κ3) is 3.61. The average molecular weight is 510 g/mol. The molecule has 2 amide bonds. The molecular formula is C25H21F3N6O3. The van der Waals surface area contributed by atoms with Crippen molar-refractivity contribution in [3.05, 3.63) is 53.7 Å². The summed E-state index contributed by atoms with van der Waals surface area (Å²) in [6.07, 6.45) is -4.78. The predicted octanol–water partition coefficient (Wildman–Crippen LogP) is 3.43. The lowest BCUT2D eigenvalue weighted by atomic mass is 9.60. The maximum Gasteiger partial charge on any atom is 0.573 e. The van der Waals surface area contributed by atoms with Crippen LogP contribution in [0.2, 0.25) is 0 Å². The fourth-order valence-electron chi connectivity index (χ4n) is 6.46. The zero-order valence-electron chi connectivity index (χ0n) is 19.3. The Labute approximate surface area is 207 Å². The van der Waals surface area contributed by atoms with Crippen LogP contribution in [0.4, 0.5) is 13.2 Å². The molecule has 0 radical (unpaired) electrons. The quantitative estimate of drug-likeness (QED) is 0.439. The standard InChI is InChI=1S/C25H21F3N6O3/c26-25(27,28)37-14-2-4-19-13(5-14)7-22(29-19)24(36)34-10-17-15-8-33(9-16(15)18(17)11-34)23(35)12-1-3-20-21(6-12)31-32-30-20/h1-7,15-18,29H,8-11H2,(H,30,31,32)/t15-,16+,17+,18-. The number of aromatic amines is 2. The highest BCUT2D eigenvalue weighted by Gasteiger charge is 2.59. The van der Waals surface area contributed by atoms with Gasteiger partial charge in [-0.05, 0) is 66.1 Å². The Balaban J connectivity index is 1.02. The smallest absolute Gasteiger partial charge is 0.406 e. The van der Waals surface area contributed by atoms with Gasteiger partial charge in [0, 0.05) is 42.6 Å². The molecule has 2 saturated heterocycles. The second kappa shape index (κ2) is 7.70. The number of carbonyl (C=O) groups excluding carboxylic acids is 2. The highest BCUT2D eigenvalue weighted by Crippen LogP contribution is 2.54. The summed E-state index contributed by atoms with van der Waals surface area (Å²) in [4.78, 5) is 33.1. The van der Waals surface area contributed by atoms with Crippen LogP contribution in [-0.2, 0) is 0 Å². The monoisotopic (exact) mass is 510 g/mol. The number of likely N-dealkylation sites (tertiary alicyclic amines) is 2. The summed E-state index contributed by atoms with van der Waals surface area (Å²) in [5, 5.41) is 11.0. The van der Waals surface area contributed by atoms with E-state index >= 15 is 0 Å². The van der Waals surface area contributed by atoms with Gasteiger partial charge in [-0.15, -0.1) is 18.3 Å². The van der Waals surface area contributed by atoms with Crippen molar-refractivity contribution < 1.29 is 27.5 Å². The Morgan fingerprint density at radius 1 is 0.865 bits per heavy atom. The van der Waals surface area contributed by atoms with Crippen LogP contribution in [-0.4, -0.2) is 74.6 Å². The number of halogens is 3. The highest BCUT2D eigenvalue weighted by molar-refractivity contribution is 5.99. The van der Waals surface area contributed by atoms with Crippen LogP contribution >= 0.6 is 0 Å². The number of hydrogen-bond donors (Lipinski definition) is 2. The summed E-state index contributed by atoms with van der Waals surface area (Å²) in [7, 11) is 0. The maximum absolute atomic E-state index is 13.2. The van der Waals surface area contributed by atoms with Crippen molar-refractivity contribution in [1.82, 2.24) is 30.2 Å². The van der Waals surface area contributed by atoms with E-state index in [4.69, 9.17) is 0 Å². The third-order valence-corrected chi connectivity index (χ3v) is 8.13. The molecule has 4 aromatic rings. The number of nitrogens with one attached hydrogen (secondary N) is 2. The van der Waals surface area contributed by atoms with Crippen molar-refractivity contribution in [2.45, 2.75) is 6.36 Å². The molecule has 190 valence electrons. The minimum atomic E-state index is -4.78. The molecule has 7 rings (SSSR count). The van der Waals surface area contributed by atoms with E-state index in [0.29, 0.717) is 77.5 Å². The van der Waals surface area contributed by atoms with Gasteiger partial charge < -0.3 is 19.5 Å². The number of H-pyrrole nitrogens is 2. The van der Waals surface area contributed by atoms with Crippen LogP contribution in [0.5, 0.6) is 5.75 Å². The van der Waals surface area contributed by atoms with Crippen LogP contribution in [0.1, 0.15) is 20.8 Å². The molecule has 3 fully saturated rings. The Morgan fingerprint density at radius 3 is 2.19 bits per heavy atom. The number of carbonyl (C=O) groups is 2. The van der Waals surface area contributed by atoms with Gasteiger partial charge in [-0.3, -0.25) is 14.7 Å². The van der Waals surface area contributed by atoms with Crippen molar-refractivity contribution in [3.8, 4) is 5.75 Å². The molecule has 4 atom stereocenters. The molecule has 4 heterocycles. The molecule has 2 N–H and O–H groups in total. The zero-order chi connectivity index (χ0) is 25.5. The number of benzene rings is 2. The van der Waals surface area contributed by atoms with Gasteiger partial charge in [0.15, 0.2) is 0 Å². The minimum Gasteiger partial charge on any atom is -0.406 e. The van der Waals surface area contributed by atoms with Crippen molar-refractivity contribution >= 4 is 33.8 Å². The first-order valence-electron chi connectivity index (χ1n) is 12.0. The average Bonchev–Trinajstić information content (AvgIpc) is 3.63. The van der Waals surface area contributed by atoms with Crippen molar-refractivity contribution in [2.24, 2.45) is 23.7 Å². The molecule has 0 spiro atoms. The van der Waals surface area contributed by atoms with E-state index in [-0.39, 0.29) is 17.6 Å². The summed E-state index contributed by atoms with van der Waals surface area (Å²) in [6.45, 7) is 2.54. The number of hydrogen-bond acceptors (Lipinski definition) is 5. The van der Waals surface area contributed by atoms with Gasteiger partial charge in [0.05, 0.1) is 5.52 Å². The number of fused-ring (bicyclic) bond motifs is 6. The number of nitrogens with zero attached hydrogens (tertiary/aromatic N) is 4. The minimum absolute atomic E-state index is 0.0164. The lowest BCUT2D eigenvalue weighted by molar-refractivity contribution is -0.274. The molecule has 1 saturated carbocycles. The summed E-state index contributed by atoms with van der Waals surface area (Å²) < 4.78 is 41.6. The SMILES string of the molecule is O=C(c1ccc2[nH]nnc2c1)N1C[C@@H]2[C@H](C1)[C@H]1CN(C(=O)c3cc4cc(OC(F)(F)F)ccc4[nH]3)C[C@@H]21. The first-order valence-corrected chi connectivity index (χ1v) is 12.0. The molecule has 37 heavy (non-hydrogen) atoms. The fourth-order valence-corrected chi connectivity index (χ4v) is 6.46. The van der Waals surface area contributed by atoms with Crippen molar-refractivity contribution in [3.63, 3.8) is 0 Å². The molecule has 1 aliphatic carbocycles. The Kier molecular flexibility index (Phi) is 4.61. The number of alkyl halides is 3. The van der Waals surface area contributed by atoms with E-state index in [9.17, 15) is 22.8 Å². The summed E-state index contributed by atoms with van der Waals surface area (Å²) in [6, 6.07) is 10.9. The lowest BCUT2D eigenvalue weighted by Crippen LogP contribution is -2.44. The zero-order valence-corrected chi connectivity index (χ0v) is 19.3. The van der Waals surface area contributed by atoms with Gasteiger partial charge in [-0.2, -0.15) is 0 Å². The van der Waals surface area contributed by atoms with Crippen molar-refractivity contribution in [1.29, 1.82) is 0 Å². The number of amides is 2. The molecule has 12 heteroatoms. The third-order valence-electron chi connectivity index (χ3n) is 8.13. The highest BCUT2D eigenvalue weighted by atomic mass is 19.4. The largest absolute Gasteiger partial charge is 0.573 e. The molecule has 0 bridgehead atoms. The van der Waals surface area contributed by atoms with Crippen LogP contribution in [0, 0.1) is 23.7 Å². The normalized spacial score (nSPS) is 24.8. The first-order chi connectivity index (χ1) is 17.7. The number of rotatable bonds is 3. The van der Waals surface area contributed by atoms with Crippen molar-refractivity contribution in [2.75, 3.05) is 26.2 Å². The van der Waals surface area contributed by atoms with E-state index in [1.807, 2.05) is 9.80 Å². The van der Waals surface area contributed by atoms with E-state index in [1.54, 1.807) is 24.3 Å². The predicted molar refractivity (Wildman–Crippen MR) is 125 cm³/mol. The van der Waals surface area contributed by atoms with Crippen LogP contribution in [0.3, 0.4) is 0 Å². The molecule has 0 unspecified atom stereocenters. The summed E-state index contributed by atoms with van der Waals surface area (Å²) >= 11 is 0. The first kappa shape index (κ1) is 22.1. The van der Waals surface area contributed by atoms with E-state index in [2.05, 4.69) is 25.1 Å². The second-order valence-electron chi connectivity index (χ2n) is 10.1. The van der Waals surface area contributed by atoms with Gasteiger partial charge in [-0.1, -0.05) is 5.21 Å². The Bertz CT molecular complexity index is 1540.